The first-order chi connectivity index (χ1) is 10.8. The van der Waals surface area contributed by atoms with Gasteiger partial charge in [-0.05, 0) is 107 Å². The highest BCUT2D eigenvalue weighted by molar-refractivity contribution is 5.53. The van der Waals surface area contributed by atoms with Crippen molar-refractivity contribution in [1.29, 1.82) is 0 Å². The number of carbonyl (C=O) groups excluding carboxylic acids is 1. The molecular weight excluding hydrogens is 268 g/mol. The van der Waals surface area contributed by atoms with E-state index in [1.807, 2.05) is 0 Å². The molecule has 22 heavy (non-hydrogen) atoms. The van der Waals surface area contributed by atoms with Crippen molar-refractivity contribution in [2.75, 3.05) is 0 Å². The summed E-state index contributed by atoms with van der Waals surface area (Å²) < 4.78 is 0. The molecule has 0 saturated heterocycles. The van der Waals surface area contributed by atoms with Crippen LogP contribution < -0.4 is 0 Å². The summed E-state index contributed by atoms with van der Waals surface area (Å²) in [6, 6.07) is 0. The lowest BCUT2D eigenvalue weighted by Gasteiger charge is -2.40. The van der Waals surface area contributed by atoms with Crippen LogP contribution in [0.2, 0.25) is 0 Å². The fourth-order valence-electron chi connectivity index (χ4n) is 5.69. The highest BCUT2D eigenvalue weighted by Gasteiger charge is 2.34. The molecule has 1 heteroatoms. The minimum absolute atomic E-state index is 0.382. The van der Waals surface area contributed by atoms with E-state index in [-0.39, 0.29) is 0 Å². The molecule has 0 aromatic heterocycles. The average molecular weight is 303 g/mol. The van der Waals surface area contributed by atoms with Crippen molar-refractivity contribution in [2.45, 2.75) is 77.0 Å². The molecule has 3 fully saturated rings. The molecule has 0 N–H and O–H groups in total. The highest BCUT2D eigenvalue weighted by atomic mass is 16.1. The van der Waals surface area contributed by atoms with E-state index in [4.69, 9.17) is 0 Å². The number of hydrogen-bond donors (Lipinski definition) is 0. The van der Waals surface area contributed by atoms with Crippen LogP contribution in [0.15, 0.2) is 12.7 Å². The van der Waals surface area contributed by atoms with E-state index in [0.717, 1.165) is 29.6 Å². The van der Waals surface area contributed by atoms with Crippen LogP contribution in [0.25, 0.3) is 0 Å². The maximum atomic E-state index is 10.9. The quantitative estimate of drug-likeness (QED) is 0.474. The van der Waals surface area contributed by atoms with E-state index in [1.54, 1.807) is 0 Å². The molecule has 0 aromatic carbocycles. The lowest BCUT2D eigenvalue weighted by atomic mass is 9.65. The molecule has 0 aromatic rings. The van der Waals surface area contributed by atoms with E-state index in [2.05, 4.69) is 12.7 Å². The molecule has 0 aliphatic heterocycles. The van der Waals surface area contributed by atoms with Crippen LogP contribution in [-0.4, -0.2) is 6.29 Å². The Bertz CT molecular complexity index is 314. The fourth-order valence-corrected chi connectivity index (χ4v) is 5.69. The lowest BCUT2D eigenvalue weighted by Crippen LogP contribution is -2.29. The zero-order valence-electron chi connectivity index (χ0n) is 14.2. The topological polar surface area (TPSA) is 17.1 Å². The van der Waals surface area contributed by atoms with Crippen molar-refractivity contribution in [3.05, 3.63) is 12.7 Å². The summed E-state index contributed by atoms with van der Waals surface area (Å²) in [6.45, 7) is 3.97. The molecule has 0 radical (unpaired) electrons. The maximum Gasteiger partial charge on any atom is 0.123 e. The van der Waals surface area contributed by atoms with Crippen LogP contribution in [-0.2, 0) is 4.79 Å². The second kappa shape index (κ2) is 7.79. The molecule has 3 rings (SSSR count). The van der Waals surface area contributed by atoms with Crippen molar-refractivity contribution in [3.63, 3.8) is 0 Å². The van der Waals surface area contributed by atoms with Gasteiger partial charge in [-0.1, -0.05) is 6.08 Å². The predicted molar refractivity (Wildman–Crippen MR) is 92.6 cm³/mol. The summed E-state index contributed by atoms with van der Waals surface area (Å²) in [5.41, 5.74) is 0. The van der Waals surface area contributed by atoms with Crippen LogP contribution in [0, 0.1) is 35.5 Å². The van der Waals surface area contributed by atoms with Crippen LogP contribution >= 0.6 is 0 Å². The Labute approximate surface area is 136 Å². The maximum absolute atomic E-state index is 10.9. The van der Waals surface area contributed by atoms with Gasteiger partial charge in [-0.15, -0.1) is 6.58 Å². The minimum atomic E-state index is 0.382. The Kier molecular flexibility index (Phi) is 5.77. The van der Waals surface area contributed by atoms with Gasteiger partial charge in [0.05, 0.1) is 0 Å². The molecule has 0 unspecified atom stereocenters. The molecular formula is C21H34O. The van der Waals surface area contributed by atoms with Crippen LogP contribution in [0.5, 0.6) is 0 Å². The number of rotatable bonds is 4. The van der Waals surface area contributed by atoms with Gasteiger partial charge in [-0.3, -0.25) is 0 Å². The van der Waals surface area contributed by atoms with Crippen LogP contribution in [0.3, 0.4) is 0 Å². The van der Waals surface area contributed by atoms with E-state index >= 15 is 0 Å². The lowest BCUT2D eigenvalue weighted by molar-refractivity contribution is -0.112. The number of aldehydes is 1. The first-order valence-electron chi connectivity index (χ1n) is 9.88. The largest absolute Gasteiger partial charge is 0.303 e. The fraction of sp³-hybridized carbons (Fsp3) is 0.857. The van der Waals surface area contributed by atoms with Crippen LogP contribution in [0.4, 0.5) is 0 Å². The number of allylic oxidation sites excluding steroid dienone is 1. The van der Waals surface area contributed by atoms with Crippen molar-refractivity contribution >= 4 is 6.29 Å². The van der Waals surface area contributed by atoms with Gasteiger partial charge in [0.25, 0.3) is 0 Å². The molecule has 124 valence electrons. The third-order valence-corrected chi connectivity index (χ3v) is 7.31. The molecule has 0 bridgehead atoms. The van der Waals surface area contributed by atoms with E-state index in [0.29, 0.717) is 5.92 Å². The number of hydrogen-bond acceptors (Lipinski definition) is 1. The van der Waals surface area contributed by atoms with Crippen molar-refractivity contribution in [3.8, 4) is 0 Å². The first kappa shape index (κ1) is 16.3. The summed E-state index contributed by atoms with van der Waals surface area (Å²) in [7, 11) is 0. The van der Waals surface area contributed by atoms with Gasteiger partial charge >= 0.3 is 0 Å². The van der Waals surface area contributed by atoms with E-state index in [9.17, 15) is 4.79 Å². The van der Waals surface area contributed by atoms with Crippen molar-refractivity contribution in [2.24, 2.45) is 35.5 Å². The molecule has 0 spiro atoms. The summed E-state index contributed by atoms with van der Waals surface area (Å²) in [4.78, 5) is 10.9. The zero-order chi connectivity index (χ0) is 15.4. The number of carbonyl (C=O) groups is 1. The van der Waals surface area contributed by atoms with Gasteiger partial charge in [0, 0.05) is 5.92 Å². The normalized spacial score (nSPS) is 43.5. The molecule has 3 aliphatic carbocycles. The minimum Gasteiger partial charge on any atom is -0.303 e. The van der Waals surface area contributed by atoms with Gasteiger partial charge < -0.3 is 4.79 Å². The van der Waals surface area contributed by atoms with Gasteiger partial charge in [-0.2, -0.15) is 0 Å². The molecule has 0 atom stereocenters. The first-order valence-corrected chi connectivity index (χ1v) is 9.88. The average Bonchev–Trinajstić information content (AvgIpc) is 2.62. The standard InChI is InChI=1S/C21H34O/c1-2-16-3-7-18(8-4-16)20-11-13-21(14-12-20)19-9-5-17(15-22)6-10-19/h2,15-21H,1,3-14H2/t16-,17?,18-,19?,20?,21?. The van der Waals surface area contributed by atoms with Gasteiger partial charge in [0.2, 0.25) is 0 Å². The Balaban J connectivity index is 1.41. The second-order valence-corrected chi connectivity index (χ2v) is 8.40. The third kappa shape index (κ3) is 3.84. The zero-order valence-corrected chi connectivity index (χ0v) is 14.2. The van der Waals surface area contributed by atoms with Gasteiger partial charge in [0.15, 0.2) is 0 Å². The van der Waals surface area contributed by atoms with E-state index in [1.165, 1.54) is 83.3 Å². The third-order valence-electron chi connectivity index (χ3n) is 7.31. The van der Waals surface area contributed by atoms with E-state index < -0.39 is 0 Å². The summed E-state index contributed by atoms with van der Waals surface area (Å²) in [5, 5.41) is 0. The SMILES string of the molecule is C=C[C@H]1CC[C@H](C2CCC(C3CCC(C=O)CC3)CC2)CC1. The summed E-state index contributed by atoms with van der Waals surface area (Å²) in [5.74, 6) is 5.14. The Morgan fingerprint density at radius 2 is 0.864 bits per heavy atom. The molecule has 0 heterocycles. The Morgan fingerprint density at radius 1 is 0.545 bits per heavy atom. The van der Waals surface area contributed by atoms with Gasteiger partial charge in [-0.25, -0.2) is 0 Å². The molecule has 1 nitrogen and oxygen atoms in total. The van der Waals surface area contributed by atoms with Crippen molar-refractivity contribution < 1.29 is 4.79 Å². The van der Waals surface area contributed by atoms with Crippen LogP contribution in [0.1, 0.15) is 77.0 Å². The van der Waals surface area contributed by atoms with Gasteiger partial charge in [0.1, 0.15) is 6.29 Å². The van der Waals surface area contributed by atoms with Crippen molar-refractivity contribution in [1.82, 2.24) is 0 Å². The second-order valence-electron chi connectivity index (χ2n) is 8.40. The summed E-state index contributed by atoms with van der Waals surface area (Å²) >= 11 is 0. The highest BCUT2D eigenvalue weighted by Crippen LogP contribution is 2.45. The Morgan fingerprint density at radius 3 is 1.18 bits per heavy atom. The molecule has 3 aliphatic rings. The summed E-state index contributed by atoms with van der Waals surface area (Å²) in [6.07, 6.45) is 20.0. The molecule has 3 saturated carbocycles. The molecule has 0 amide bonds. The Hall–Kier alpha value is -0.590. The smallest absolute Gasteiger partial charge is 0.123 e. The monoisotopic (exact) mass is 302 g/mol. The predicted octanol–water partition coefficient (Wildman–Crippen LogP) is 5.79.